The topological polar surface area (TPSA) is 15.3 Å². The van der Waals surface area contributed by atoms with E-state index in [4.69, 9.17) is 0 Å². The second-order valence-electron chi connectivity index (χ2n) is 5.22. The van der Waals surface area contributed by atoms with E-state index in [-0.39, 0.29) is 5.82 Å². The van der Waals surface area contributed by atoms with Crippen LogP contribution >= 0.6 is 0 Å². The number of hydrogen-bond acceptors (Lipinski definition) is 2. The largest absolute Gasteiger partial charge is 0.363 e. The second kappa shape index (κ2) is 5.63. The summed E-state index contributed by atoms with van der Waals surface area (Å²) >= 11 is 0. The molecule has 2 aromatic carbocycles. The first-order valence-corrected chi connectivity index (χ1v) is 7.08. The molecule has 3 rings (SSSR count). The Morgan fingerprint density at radius 2 is 1.80 bits per heavy atom. The molecule has 2 nitrogen and oxygen atoms in total. The third-order valence-electron chi connectivity index (χ3n) is 3.73. The molecule has 0 bridgehead atoms. The van der Waals surface area contributed by atoms with E-state index in [0.717, 1.165) is 30.9 Å². The van der Waals surface area contributed by atoms with Crippen molar-refractivity contribution in [2.75, 3.05) is 11.4 Å². The third-order valence-corrected chi connectivity index (χ3v) is 3.73. The Labute approximate surface area is 119 Å². The molecule has 0 atom stereocenters. The van der Waals surface area contributed by atoms with Crippen LogP contribution in [0.4, 0.5) is 10.1 Å². The van der Waals surface area contributed by atoms with Crippen molar-refractivity contribution in [3.63, 3.8) is 0 Å². The zero-order chi connectivity index (χ0) is 13.9. The summed E-state index contributed by atoms with van der Waals surface area (Å²) in [7, 11) is 0. The molecule has 1 N–H and O–H groups in total. The maximum absolute atomic E-state index is 13.8. The van der Waals surface area contributed by atoms with Crippen molar-refractivity contribution in [1.29, 1.82) is 0 Å². The Morgan fingerprint density at radius 1 is 1.10 bits per heavy atom. The molecule has 0 saturated heterocycles. The van der Waals surface area contributed by atoms with Crippen LogP contribution in [0.5, 0.6) is 0 Å². The van der Waals surface area contributed by atoms with E-state index in [0.29, 0.717) is 6.54 Å². The van der Waals surface area contributed by atoms with E-state index in [1.165, 1.54) is 11.1 Å². The van der Waals surface area contributed by atoms with Crippen LogP contribution in [0.3, 0.4) is 0 Å². The molecule has 0 amide bonds. The lowest BCUT2D eigenvalue weighted by Crippen LogP contribution is -2.16. The standard InChI is InChI=1S/C17H19FN2/c1-2-19-10-13-7-16(18)9-17(8-13)20-11-14-5-3-4-6-15(14)12-20/h3-9,19H,2,10-12H2,1H3. The second-order valence-corrected chi connectivity index (χ2v) is 5.22. The van der Waals surface area contributed by atoms with E-state index < -0.39 is 0 Å². The van der Waals surface area contributed by atoms with Gasteiger partial charge < -0.3 is 10.2 Å². The van der Waals surface area contributed by atoms with Gasteiger partial charge in [0.05, 0.1) is 0 Å². The molecule has 0 saturated carbocycles. The van der Waals surface area contributed by atoms with Crippen LogP contribution in [0.2, 0.25) is 0 Å². The molecule has 2 aromatic rings. The molecular formula is C17H19FN2. The Morgan fingerprint density at radius 3 is 2.45 bits per heavy atom. The molecule has 1 aliphatic rings. The lowest BCUT2D eigenvalue weighted by atomic mass is 10.1. The highest BCUT2D eigenvalue weighted by molar-refractivity contribution is 5.53. The van der Waals surface area contributed by atoms with Gasteiger partial charge in [-0.25, -0.2) is 4.39 Å². The first-order valence-electron chi connectivity index (χ1n) is 7.08. The van der Waals surface area contributed by atoms with Crippen molar-refractivity contribution in [1.82, 2.24) is 5.32 Å². The molecule has 0 unspecified atom stereocenters. The summed E-state index contributed by atoms with van der Waals surface area (Å²) in [6.45, 7) is 5.38. The number of fused-ring (bicyclic) bond motifs is 1. The minimum absolute atomic E-state index is 0.161. The number of nitrogens with zero attached hydrogens (tertiary/aromatic N) is 1. The normalized spacial score (nSPS) is 13.6. The third kappa shape index (κ3) is 2.68. The Bertz CT molecular complexity index is 585. The molecular weight excluding hydrogens is 251 g/mol. The lowest BCUT2D eigenvalue weighted by molar-refractivity contribution is 0.620. The van der Waals surface area contributed by atoms with E-state index in [1.54, 1.807) is 12.1 Å². The molecule has 0 fully saturated rings. The molecule has 1 heterocycles. The summed E-state index contributed by atoms with van der Waals surface area (Å²) in [6.07, 6.45) is 0. The van der Waals surface area contributed by atoms with Gasteiger partial charge in [0.1, 0.15) is 5.82 Å². The van der Waals surface area contributed by atoms with Gasteiger partial charge in [-0.1, -0.05) is 31.2 Å². The van der Waals surface area contributed by atoms with Crippen LogP contribution in [0.1, 0.15) is 23.6 Å². The quantitative estimate of drug-likeness (QED) is 0.915. The summed E-state index contributed by atoms with van der Waals surface area (Å²) in [6, 6.07) is 13.7. The van der Waals surface area contributed by atoms with E-state index in [2.05, 4.69) is 47.5 Å². The summed E-state index contributed by atoms with van der Waals surface area (Å²) in [5, 5.41) is 3.24. The Balaban J connectivity index is 1.83. The fraction of sp³-hybridized carbons (Fsp3) is 0.294. The first-order chi connectivity index (χ1) is 9.76. The number of benzene rings is 2. The molecule has 0 spiro atoms. The number of anilines is 1. The Kier molecular flexibility index (Phi) is 3.70. The summed E-state index contributed by atoms with van der Waals surface area (Å²) in [5.74, 6) is -0.161. The number of halogens is 1. The fourth-order valence-electron chi connectivity index (χ4n) is 2.70. The minimum atomic E-state index is -0.161. The highest BCUT2D eigenvalue weighted by Gasteiger charge is 2.19. The SMILES string of the molecule is CCNCc1cc(F)cc(N2Cc3ccccc3C2)c1. The van der Waals surface area contributed by atoms with Crippen LogP contribution in [-0.4, -0.2) is 6.54 Å². The van der Waals surface area contributed by atoms with Gasteiger partial charge in [0.25, 0.3) is 0 Å². The predicted octanol–water partition coefficient (Wildman–Crippen LogP) is 3.46. The van der Waals surface area contributed by atoms with Crippen LogP contribution in [0.15, 0.2) is 42.5 Å². The zero-order valence-corrected chi connectivity index (χ0v) is 11.7. The van der Waals surface area contributed by atoms with Crippen LogP contribution in [0.25, 0.3) is 0 Å². The number of rotatable bonds is 4. The average molecular weight is 270 g/mol. The number of nitrogens with one attached hydrogen (secondary N) is 1. The predicted molar refractivity (Wildman–Crippen MR) is 80.1 cm³/mol. The van der Waals surface area contributed by atoms with Gasteiger partial charge in [0.2, 0.25) is 0 Å². The van der Waals surface area contributed by atoms with Crippen molar-refractivity contribution >= 4 is 5.69 Å². The van der Waals surface area contributed by atoms with Crippen LogP contribution in [0, 0.1) is 5.82 Å². The molecule has 3 heteroatoms. The van der Waals surface area contributed by atoms with Crippen molar-refractivity contribution in [2.45, 2.75) is 26.6 Å². The minimum Gasteiger partial charge on any atom is -0.363 e. The van der Waals surface area contributed by atoms with Gasteiger partial charge in [-0.3, -0.25) is 0 Å². The maximum Gasteiger partial charge on any atom is 0.125 e. The lowest BCUT2D eigenvalue weighted by Gasteiger charge is -2.19. The van der Waals surface area contributed by atoms with Crippen molar-refractivity contribution in [2.24, 2.45) is 0 Å². The van der Waals surface area contributed by atoms with Crippen molar-refractivity contribution < 1.29 is 4.39 Å². The van der Waals surface area contributed by atoms with Crippen molar-refractivity contribution in [3.8, 4) is 0 Å². The number of hydrogen-bond donors (Lipinski definition) is 1. The van der Waals surface area contributed by atoms with Gasteiger partial charge in [0, 0.05) is 25.3 Å². The molecule has 0 aromatic heterocycles. The summed E-state index contributed by atoms with van der Waals surface area (Å²) < 4.78 is 13.8. The molecule has 1 aliphatic heterocycles. The maximum atomic E-state index is 13.8. The molecule has 104 valence electrons. The van der Waals surface area contributed by atoms with Gasteiger partial charge in [-0.05, 0) is 41.4 Å². The molecule has 20 heavy (non-hydrogen) atoms. The highest BCUT2D eigenvalue weighted by Crippen LogP contribution is 2.29. The average Bonchev–Trinajstić information content (AvgIpc) is 2.88. The van der Waals surface area contributed by atoms with Crippen LogP contribution in [-0.2, 0) is 19.6 Å². The van der Waals surface area contributed by atoms with E-state index in [9.17, 15) is 4.39 Å². The summed E-state index contributed by atoms with van der Waals surface area (Å²) in [5.41, 5.74) is 4.64. The van der Waals surface area contributed by atoms with Crippen molar-refractivity contribution in [3.05, 3.63) is 65.0 Å². The van der Waals surface area contributed by atoms with Crippen LogP contribution < -0.4 is 10.2 Å². The monoisotopic (exact) mass is 270 g/mol. The highest BCUT2D eigenvalue weighted by atomic mass is 19.1. The zero-order valence-electron chi connectivity index (χ0n) is 11.7. The first kappa shape index (κ1) is 13.1. The van der Waals surface area contributed by atoms with E-state index >= 15 is 0 Å². The van der Waals surface area contributed by atoms with Gasteiger partial charge in [-0.2, -0.15) is 0 Å². The van der Waals surface area contributed by atoms with Gasteiger partial charge in [-0.15, -0.1) is 0 Å². The fourth-order valence-corrected chi connectivity index (χ4v) is 2.70. The summed E-state index contributed by atoms with van der Waals surface area (Å²) in [4.78, 5) is 2.23. The van der Waals surface area contributed by atoms with Gasteiger partial charge in [0.15, 0.2) is 0 Å². The van der Waals surface area contributed by atoms with E-state index in [1.807, 2.05) is 0 Å². The van der Waals surface area contributed by atoms with Gasteiger partial charge >= 0.3 is 0 Å². The smallest absolute Gasteiger partial charge is 0.125 e. The molecule has 0 radical (unpaired) electrons. The Hall–Kier alpha value is -1.87. The molecule has 0 aliphatic carbocycles.